The van der Waals surface area contributed by atoms with Crippen LogP contribution in [0.5, 0.6) is 11.5 Å². The lowest BCUT2D eigenvalue weighted by atomic mass is 10.1. The molecule has 0 unspecified atom stereocenters. The highest BCUT2D eigenvalue weighted by Gasteiger charge is 2.15. The third kappa shape index (κ3) is 4.17. The maximum absolute atomic E-state index is 12.7. The van der Waals surface area contributed by atoms with Crippen molar-refractivity contribution in [3.63, 3.8) is 0 Å². The Bertz CT molecular complexity index is 1010. The summed E-state index contributed by atoms with van der Waals surface area (Å²) in [6.07, 6.45) is 0.698. The number of nitrogens with one attached hydrogen (secondary N) is 1. The molecule has 7 nitrogen and oxygen atoms in total. The van der Waals surface area contributed by atoms with E-state index in [0.717, 1.165) is 10.0 Å². The number of nitrogens with zero attached hydrogens (tertiary/aromatic N) is 1. The third-order valence-electron chi connectivity index (χ3n) is 3.86. The predicted octanol–water partition coefficient (Wildman–Crippen LogP) is 3.39. The first-order valence-corrected chi connectivity index (χ1v) is 8.74. The number of fused-ring (bicyclic) bond motifs is 1. The van der Waals surface area contributed by atoms with E-state index in [2.05, 4.69) is 26.2 Å². The van der Waals surface area contributed by atoms with E-state index in [9.17, 15) is 9.59 Å². The number of primary amides is 1. The van der Waals surface area contributed by atoms with Gasteiger partial charge in [-0.25, -0.2) is 4.79 Å². The summed E-state index contributed by atoms with van der Waals surface area (Å²) in [4.78, 5) is 27.8. The smallest absolute Gasteiger partial charge is 0.409 e. The molecule has 138 valence electrons. The molecule has 0 aliphatic rings. The molecule has 2 amide bonds. The van der Waals surface area contributed by atoms with Crippen molar-refractivity contribution in [2.24, 2.45) is 5.73 Å². The fourth-order valence-electron chi connectivity index (χ4n) is 2.62. The Morgan fingerprint density at radius 2 is 1.89 bits per heavy atom. The average molecular weight is 430 g/mol. The minimum Gasteiger partial charge on any atom is -0.494 e. The number of pyridine rings is 1. The van der Waals surface area contributed by atoms with E-state index in [1.165, 1.54) is 0 Å². The van der Waals surface area contributed by atoms with Crippen LogP contribution in [0.1, 0.15) is 15.9 Å². The van der Waals surface area contributed by atoms with Gasteiger partial charge in [0.25, 0.3) is 5.91 Å². The number of hydrogen-bond acceptors (Lipinski definition) is 5. The molecule has 3 rings (SSSR count). The SMILES string of the molecule is COc1ccc(Br)c2c(C(=O)NCc3ccc(OC(N)=O)cc3)ccnc12. The molecule has 0 saturated heterocycles. The number of carbonyl (C=O) groups excluding carboxylic acids is 2. The molecule has 0 bridgehead atoms. The second kappa shape index (κ2) is 8.05. The zero-order valence-electron chi connectivity index (χ0n) is 14.4. The van der Waals surface area contributed by atoms with Gasteiger partial charge in [0.2, 0.25) is 0 Å². The van der Waals surface area contributed by atoms with Gasteiger partial charge in [-0.05, 0) is 35.9 Å². The van der Waals surface area contributed by atoms with E-state index < -0.39 is 6.09 Å². The molecule has 2 aromatic carbocycles. The quantitative estimate of drug-likeness (QED) is 0.646. The van der Waals surface area contributed by atoms with Crippen molar-refractivity contribution in [1.29, 1.82) is 0 Å². The number of carbonyl (C=O) groups is 2. The first kappa shape index (κ1) is 18.7. The Labute approximate surface area is 163 Å². The molecule has 0 atom stereocenters. The molecule has 8 heteroatoms. The van der Waals surface area contributed by atoms with Crippen LogP contribution in [0.4, 0.5) is 4.79 Å². The molecule has 0 radical (unpaired) electrons. The van der Waals surface area contributed by atoms with Gasteiger partial charge < -0.3 is 20.5 Å². The van der Waals surface area contributed by atoms with Gasteiger partial charge in [-0.1, -0.05) is 28.1 Å². The maximum atomic E-state index is 12.7. The third-order valence-corrected chi connectivity index (χ3v) is 4.52. The van der Waals surface area contributed by atoms with Crippen LogP contribution in [0.3, 0.4) is 0 Å². The van der Waals surface area contributed by atoms with Crippen LogP contribution < -0.4 is 20.5 Å². The summed E-state index contributed by atoms with van der Waals surface area (Å²) in [5.41, 5.74) is 6.90. The summed E-state index contributed by atoms with van der Waals surface area (Å²) in [6.45, 7) is 0.307. The number of benzene rings is 2. The number of nitrogens with two attached hydrogens (primary N) is 1. The molecule has 3 aromatic rings. The molecule has 0 aliphatic heterocycles. The van der Waals surface area contributed by atoms with Gasteiger partial charge in [0, 0.05) is 22.6 Å². The van der Waals surface area contributed by atoms with Crippen molar-refractivity contribution in [3.8, 4) is 11.5 Å². The Morgan fingerprint density at radius 3 is 2.56 bits per heavy atom. The Hall–Kier alpha value is -3.13. The standard InChI is InChI=1S/C19H16BrN3O4/c1-26-15-7-6-14(20)16-13(8-9-22-17(15)16)18(24)23-10-11-2-4-12(5-3-11)27-19(21)25/h2-9H,10H2,1H3,(H2,21,25)(H,23,24). The van der Waals surface area contributed by atoms with E-state index in [-0.39, 0.29) is 5.91 Å². The fourth-order valence-corrected chi connectivity index (χ4v) is 3.16. The number of aromatic nitrogens is 1. The van der Waals surface area contributed by atoms with Gasteiger partial charge in [-0.3, -0.25) is 9.78 Å². The zero-order chi connectivity index (χ0) is 19.4. The monoisotopic (exact) mass is 429 g/mol. The molecular formula is C19H16BrN3O4. The van der Waals surface area contributed by atoms with Gasteiger partial charge in [-0.15, -0.1) is 0 Å². The van der Waals surface area contributed by atoms with Crippen LogP contribution in [-0.4, -0.2) is 24.1 Å². The van der Waals surface area contributed by atoms with Gasteiger partial charge >= 0.3 is 6.09 Å². The van der Waals surface area contributed by atoms with Crippen molar-refractivity contribution in [2.45, 2.75) is 6.54 Å². The Balaban J connectivity index is 1.80. The first-order chi connectivity index (χ1) is 13.0. The van der Waals surface area contributed by atoms with Gasteiger partial charge in [0.05, 0.1) is 12.7 Å². The second-order valence-electron chi connectivity index (χ2n) is 5.58. The number of amides is 2. The molecular weight excluding hydrogens is 414 g/mol. The summed E-state index contributed by atoms with van der Waals surface area (Å²) in [7, 11) is 1.56. The molecule has 1 aromatic heterocycles. The number of hydrogen-bond donors (Lipinski definition) is 2. The summed E-state index contributed by atoms with van der Waals surface area (Å²) in [6, 6.07) is 12.0. The second-order valence-corrected chi connectivity index (χ2v) is 6.43. The highest BCUT2D eigenvalue weighted by molar-refractivity contribution is 9.10. The number of halogens is 1. The lowest BCUT2D eigenvalue weighted by Crippen LogP contribution is -2.23. The van der Waals surface area contributed by atoms with E-state index in [1.807, 2.05) is 6.07 Å². The predicted molar refractivity (Wildman–Crippen MR) is 104 cm³/mol. The molecule has 0 aliphatic carbocycles. The van der Waals surface area contributed by atoms with E-state index in [1.54, 1.807) is 49.7 Å². The highest BCUT2D eigenvalue weighted by Crippen LogP contribution is 2.32. The van der Waals surface area contributed by atoms with E-state index in [0.29, 0.717) is 34.5 Å². The van der Waals surface area contributed by atoms with Crippen LogP contribution in [0.25, 0.3) is 10.9 Å². The molecule has 1 heterocycles. The minimum atomic E-state index is -0.873. The highest BCUT2D eigenvalue weighted by atomic mass is 79.9. The lowest BCUT2D eigenvalue weighted by Gasteiger charge is -2.11. The average Bonchev–Trinajstić information content (AvgIpc) is 2.67. The van der Waals surface area contributed by atoms with Crippen molar-refractivity contribution in [3.05, 3.63) is 64.3 Å². The molecule has 3 N–H and O–H groups in total. The maximum Gasteiger partial charge on any atom is 0.409 e. The molecule has 0 fully saturated rings. The molecule has 0 saturated carbocycles. The van der Waals surface area contributed by atoms with E-state index >= 15 is 0 Å². The molecule has 0 spiro atoms. The van der Waals surface area contributed by atoms with Crippen molar-refractivity contribution < 1.29 is 19.1 Å². The van der Waals surface area contributed by atoms with Crippen LogP contribution in [0.15, 0.2) is 53.1 Å². The Morgan fingerprint density at radius 1 is 1.15 bits per heavy atom. The fraction of sp³-hybridized carbons (Fsp3) is 0.105. The minimum absolute atomic E-state index is 0.242. The molecule has 27 heavy (non-hydrogen) atoms. The van der Waals surface area contributed by atoms with Gasteiger partial charge in [0.1, 0.15) is 17.0 Å². The summed E-state index contributed by atoms with van der Waals surface area (Å²) >= 11 is 3.48. The summed E-state index contributed by atoms with van der Waals surface area (Å²) in [5, 5.41) is 3.55. The van der Waals surface area contributed by atoms with E-state index in [4.69, 9.17) is 15.2 Å². The van der Waals surface area contributed by atoms with Crippen molar-refractivity contribution in [2.75, 3.05) is 7.11 Å². The van der Waals surface area contributed by atoms with Gasteiger partial charge in [-0.2, -0.15) is 0 Å². The lowest BCUT2D eigenvalue weighted by molar-refractivity contribution is 0.0952. The van der Waals surface area contributed by atoms with Crippen molar-refractivity contribution >= 4 is 38.8 Å². The number of rotatable bonds is 5. The van der Waals surface area contributed by atoms with Crippen LogP contribution in [0.2, 0.25) is 0 Å². The van der Waals surface area contributed by atoms with Crippen molar-refractivity contribution in [1.82, 2.24) is 10.3 Å². The number of methoxy groups -OCH3 is 1. The summed E-state index contributed by atoms with van der Waals surface area (Å²) < 4.78 is 10.9. The largest absolute Gasteiger partial charge is 0.494 e. The number of ether oxygens (including phenoxy) is 2. The van der Waals surface area contributed by atoms with Crippen LogP contribution >= 0.6 is 15.9 Å². The Kier molecular flexibility index (Phi) is 5.56. The van der Waals surface area contributed by atoms with Gasteiger partial charge in [0.15, 0.2) is 0 Å². The topological polar surface area (TPSA) is 104 Å². The van der Waals surface area contributed by atoms with Crippen LogP contribution in [0, 0.1) is 0 Å². The first-order valence-electron chi connectivity index (χ1n) is 7.95. The zero-order valence-corrected chi connectivity index (χ0v) is 15.9. The van der Waals surface area contributed by atoms with Crippen LogP contribution in [-0.2, 0) is 6.54 Å². The normalized spacial score (nSPS) is 10.4. The summed E-state index contributed by atoms with van der Waals surface area (Å²) in [5.74, 6) is 0.690.